The average molecular weight is 433 g/mol. The molecule has 0 bridgehead atoms. The van der Waals surface area contributed by atoms with Crippen LogP contribution in [0.4, 0.5) is 5.69 Å². The molecule has 5 nitrogen and oxygen atoms in total. The summed E-state index contributed by atoms with van der Waals surface area (Å²) in [6.45, 7) is 2.35. The minimum Gasteiger partial charge on any atom is -0.454 e. The minimum atomic E-state index is -0.200. The van der Waals surface area contributed by atoms with E-state index in [4.69, 9.17) is 9.47 Å². The summed E-state index contributed by atoms with van der Waals surface area (Å²) in [7, 11) is 0. The SMILES string of the molecule is CCc1ccc(N[C@@H]2NC(=O)/C(=C\c3cc4c(cc3Br)OCO4)S2)cc1. The van der Waals surface area contributed by atoms with Crippen LogP contribution in [0.15, 0.2) is 45.8 Å². The zero-order valence-corrected chi connectivity index (χ0v) is 16.4. The molecule has 0 aliphatic carbocycles. The monoisotopic (exact) mass is 432 g/mol. The Hall–Kier alpha value is -2.12. The molecule has 1 saturated heterocycles. The Morgan fingerprint density at radius 2 is 2.00 bits per heavy atom. The normalized spacial score (nSPS) is 19.7. The smallest absolute Gasteiger partial charge is 0.260 e. The molecule has 4 rings (SSSR count). The number of thioether (sulfide) groups is 1. The number of rotatable bonds is 4. The quantitative estimate of drug-likeness (QED) is 0.703. The van der Waals surface area contributed by atoms with Crippen molar-refractivity contribution in [2.45, 2.75) is 18.8 Å². The molecular formula is C19H17BrN2O3S. The van der Waals surface area contributed by atoms with Crippen molar-refractivity contribution < 1.29 is 14.3 Å². The Kier molecular flexibility index (Phi) is 4.82. The van der Waals surface area contributed by atoms with Crippen LogP contribution in [0.3, 0.4) is 0 Å². The number of fused-ring (bicyclic) bond motifs is 1. The van der Waals surface area contributed by atoms with E-state index in [1.54, 1.807) is 0 Å². The van der Waals surface area contributed by atoms with Gasteiger partial charge in [-0.25, -0.2) is 0 Å². The van der Waals surface area contributed by atoms with Gasteiger partial charge in [0.1, 0.15) is 0 Å². The molecule has 0 unspecified atom stereocenters. The molecule has 1 amide bonds. The lowest BCUT2D eigenvalue weighted by atomic mass is 10.1. The topological polar surface area (TPSA) is 59.6 Å². The second-order valence-electron chi connectivity index (χ2n) is 5.90. The molecule has 0 spiro atoms. The first kappa shape index (κ1) is 17.3. The third-order valence-electron chi connectivity index (χ3n) is 4.17. The van der Waals surface area contributed by atoms with Gasteiger partial charge in [-0.05, 0) is 47.9 Å². The molecule has 0 aromatic heterocycles. The molecule has 0 radical (unpaired) electrons. The molecular weight excluding hydrogens is 416 g/mol. The summed E-state index contributed by atoms with van der Waals surface area (Å²) in [5.74, 6) is 1.30. The summed E-state index contributed by atoms with van der Waals surface area (Å²) in [5.41, 5.74) is 2.94. The van der Waals surface area contributed by atoms with Crippen LogP contribution in [0.5, 0.6) is 11.5 Å². The molecule has 1 fully saturated rings. The van der Waals surface area contributed by atoms with Crippen molar-refractivity contribution in [1.82, 2.24) is 5.32 Å². The summed E-state index contributed by atoms with van der Waals surface area (Å²) in [4.78, 5) is 13.0. The Morgan fingerprint density at radius 1 is 1.27 bits per heavy atom. The number of hydrogen-bond acceptors (Lipinski definition) is 5. The first-order valence-electron chi connectivity index (χ1n) is 8.26. The van der Waals surface area contributed by atoms with Gasteiger partial charge < -0.3 is 20.1 Å². The van der Waals surface area contributed by atoms with Crippen LogP contribution >= 0.6 is 27.7 Å². The highest BCUT2D eigenvalue weighted by Gasteiger charge is 2.27. The second-order valence-corrected chi connectivity index (χ2v) is 7.90. The first-order valence-corrected chi connectivity index (χ1v) is 9.93. The molecule has 2 heterocycles. The Balaban J connectivity index is 1.50. The summed E-state index contributed by atoms with van der Waals surface area (Å²) in [5, 5.41) is 6.27. The van der Waals surface area contributed by atoms with Gasteiger partial charge in [-0.3, -0.25) is 4.79 Å². The van der Waals surface area contributed by atoms with Crippen LogP contribution < -0.4 is 20.1 Å². The summed E-state index contributed by atoms with van der Waals surface area (Å²) >= 11 is 4.98. The summed E-state index contributed by atoms with van der Waals surface area (Å²) in [6, 6.07) is 12.0. The lowest BCUT2D eigenvalue weighted by molar-refractivity contribution is -0.116. The maximum Gasteiger partial charge on any atom is 0.260 e. The molecule has 1 atom stereocenters. The molecule has 134 valence electrons. The molecule has 7 heteroatoms. The number of aryl methyl sites for hydroxylation is 1. The lowest BCUT2D eigenvalue weighted by Gasteiger charge is -2.12. The highest BCUT2D eigenvalue weighted by molar-refractivity contribution is 9.10. The fraction of sp³-hybridized carbons (Fsp3) is 0.211. The predicted molar refractivity (Wildman–Crippen MR) is 107 cm³/mol. The number of carbonyl (C=O) groups is 1. The van der Waals surface area contributed by atoms with E-state index in [1.807, 2.05) is 30.3 Å². The number of ether oxygens (including phenoxy) is 2. The lowest BCUT2D eigenvalue weighted by Crippen LogP contribution is -2.30. The number of benzene rings is 2. The highest BCUT2D eigenvalue weighted by atomic mass is 79.9. The fourth-order valence-electron chi connectivity index (χ4n) is 2.74. The van der Waals surface area contributed by atoms with Crippen molar-refractivity contribution in [2.75, 3.05) is 12.1 Å². The molecule has 2 aliphatic rings. The number of carbonyl (C=O) groups excluding carboxylic acids is 1. The van der Waals surface area contributed by atoms with Crippen molar-refractivity contribution >= 4 is 45.4 Å². The average Bonchev–Trinajstić information content (AvgIpc) is 3.22. The third kappa shape index (κ3) is 3.54. The van der Waals surface area contributed by atoms with Crippen LogP contribution in [0.2, 0.25) is 0 Å². The summed E-state index contributed by atoms with van der Waals surface area (Å²) in [6.07, 6.45) is 2.86. The van der Waals surface area contributed by atoms with E-state index < -0.39 is 0 Å². The standard InChI is InChI=1S/C19H17BrN2O3S/c1-2-11-3-5-13(6-4-11)21-19-22-18(23)17(26-19)8-12-7-15-16(9-14(12)20)25-10-24-15/h3-9,19,21H,2,10H2,1H3,(H,22,23)/b17-8+/t19-/m1/s1. The maximum atomic E-state index is 12.3. The molecule has 2 aromatic carbocycles. The Morgan fingerprint density at radius 3 is 2.73 bits per heavy atom. The zero-order chi connectivity index (χ0) is 18.1. The number of hydrogen-bond donors (Lipinski definition) is 2. The van der Waals surface area contributed by atoms with Crippen molar-refractivity contribution in [2.24, 2.45) is 0 Å². The predicted octanol–water partition coefficient (Wildman–Crippen LogP) is 4.34. The highest BCUT2D eigenvalue weighted by Crippen LogP contribution is 2.39. The second kappa shape index (κ2) is 7.25. The van der Waals surface area contributed by atoms with E-state index >= 15 is 0 Å². The number of anilines is 1. The van der Waals surface area contributed by atoms with Gasteiger partial charge in [0.25, 0.3) is 5.91 Å². The molecule has 2 N–H and O–H groups in total. The van der Waals surface area contributed by atoms with Gasteiger partial charge in [0.05, 0.1) is 4.91 Å². The van der Waals surface area contributed by atoms with Crippen LogP contribution in [-0.4, -0.2) is 18.2 Å². The third-order valence-corrected chi connectivity index (χ3v) is 5.88. The van der Waals surface area contributed by atoms with Gasteiger partial charge in [-0.1, -0.05) is 46.7 Å². The van der Waals surface area contributed by atoms with Crippen LogP contribution in [-0.2, 0) is 11.2 Å². The van der Waals surface area contributed by atoms with Crippen molar-refractivity contribution in [1.29, 1.82) is 0 Å². The van der Waals surface area contributed by atoms with Crippen LogP contribution in [0.25, 0.3) is 6.08 Å². The Labute approximate surface area is 164 Å². The van der Waals surface area contributed by atoms with E-state index in [2.05, 4.69) is 45.6 Å². The summed E-state index contributed by atoms with van der Waals surface area (Å²) < 4.78 is 11.6. The van der Waals surface area contributed by atoms with Gasteiger partial charge in [-0.15, -0.1) is 0 Å². The zero-order valence-electron chi connectivity index (χ0n) is 14.0. The van der Waals surface area contributed by atoms with Crippen LogP contribution in [0.1, 0.15) is 18.1 Å². The van der Waals surface area contributed by atoms with E-state index in [-0.39, 0.29) is 18.2 Å². The van der Waals surface area contributed by atoms with E-state index in [0.717, 1.165) is 22.1 Å². The van der Waals surface area contributed by atoms with Crippen molar-refractivity contribution in [3.8, 4) is 11.5 Å². The van der Waals surface area contributed by atoms with Crippen molar-refractivity contribution in [3.63, 3.8) is 0 Å². The van der Waals surface area contributed by atoms with Crippen molar-refractivity contribution in [3.05, 3.63) is 56.9 Å². The Bertz CT molecular complexity index is 883. The largest absolute Gasteiger partial charge is 0.454 e. The van der Waals surface area contributed by atoms with E-state index in [0.29, 0.717) is 16.4 Å². The minimum absolute atomic E-state index is 0.0951. The molecule has 2 aliphatic heterocycles. The van der Waals surface area contributed by atoms with E-state index in [9.17, 15) is 4.79 Å². The number of amides is 1. The fourth-order valence-corrected chi connectivity index (χ4v) is 4.15. The van der Waals surface area contributed by atoms with Crippen LogP contribution in [0, 0.1) is 0 Å². The van der Waals surface area contributed by atoms with Gasteiger partial charge in [0.2, 0.25) is 6.79 Å². The van der Waals surface area contributed by atoms with Gasteiger partial charge in [0.15, 0.2) is 17.0 Å². The number of halogens is 1. The molecule has 0 saturated carbocycles. The molecule has 2 aromatic rings. The first-order chi connectivity index (χ1) is 12.6. The van der Waals surface area contributed by atoms with E-state index in [1.165, 1.54) is 17.3 Å². The van der Waals surface area contributed by atoms with Gasteiger partial charge in [-0.2, -0.15) is 0 Å². The molecule has 26 heavy (non-hydrogen) atoms. The van der Waals surface area contributed by atoms with Gasteiger partial charge >= 0.3 is 0 Å². The van der Waals surface area contributed by atoms with Gasteiger partial charge in [0, 0.05) is 10.2 Å². The maximum absolute atomic E-state index is 12.3. The number of nitrogens with one attached hydrogen (secondary N) is 2.